The Morgan fingerprint density at radius 3 is 2.30 bits per heavy atom. The molecule has 2 rings (SSSR count). The van der Waals surface area contributed by atoms with Crippen LogP contribution in [-0.2, 0) is 4.79 Å². The summed E-state index contributed by atoms with van der Waals surface area (Å²) in [6.07, 6.45) is -1.16. The van der Waals surface area contributed by atoms with Crippen LogP contribution in [0.25, 0.3) is 0 Å². The van der Waals surface area contributed by atoms with Crippen LogP contribution < -0.4 is 5.06 Å². The molecule has 1 N–H and O–H groups in total. The van der Waals surface area contributed by atoms with Gasteiger partial charge in [-0.1, -0.05) is 18.2 Å². The number of hydrogen-bond donors (Lipinski definition) is 1. The van der Waals surface area contributed by atoms with Crippen molar-refractivity contribution in [3.8, 4) is 0 Å². The molecule has 0 aliphatic heterocycles. The zero-order valence-corrected chi connectivity index (χ0v) is 10.1. The number of alkyl halides is 3. The van der Waals surface area contributed by atoms with Crippen LogP contribution in [-0.4, -0.2) is 17.2 Å². The van der Waals surface area contributed by atoms with Gasteiger partial charge in [-0.05, 0) is 30.4 Å². The van der Waals surface area contributed by atoms with Crippen molar-refractivity contribution in [2.75, 3.05) is 5.06 Å². The molecule has 0 spiro atoms. The SMILES string of the molecule is O=C1C=C(C(F)(F)F)C=CC1=CN(O)c1ccccc1. The summed E-state index contributed by atoms with van der Waals surface area (Å²) in [4.78, 5) is 11.6. The van der Waals surface area contributed by atoms with Crippen LogP contribution in [0.2, 0.25) is 0 Å². The number of benzene rings is 1. The number of ketones is 1. The Kier molecular flexibility index (Phi) is 3.76. The quantitative estimate of drug-likeness (QED) is 0.667. The van der Waals surface area contributed by atoms with Crippen LogP contribution in [0.5, 0.6) is 0 Å². The molecule has 0 radical (unpaired) electrons. The van der Waals surface area contributed by atoms with Gasteiger partial charge in [-0.2, -0.15) is 13.2 Å². The fraction of sp³-hybridized carbons (Fsp3) is 0.0714. The average Bonchev–Trinajstić information content (AvgIpc) is 2.41. The van der Waals surface area contributed by atoms with Crippen LogP contribution in [0.15, 0.2) is 65.9 Å². The van der Waals surface area contributed by atoms with Gasteiger partial charge in [0.05, 0.1) is 11.3 Å². The zero-order valence-electron chi connectivity index (χ0n) is 10.1. The molecule has 0 bridgehead atoms. The van der Waals surface area contributed by atoms with E-state index in [9.17, 15) is 23.2 Å². The lowest BCUT2D eigenvalue weighted by Crippen LogP contribution is -2.17. The molecular weight excluding hydrogens is 271 g/mol. The highest BCUT2D eigenvalue weighted by Gasteiger charge is 2.34. The third-order valence-corrected chi connectivity index (χ3v) is 2.62. The standard InChI is InChI=1S/C14H10F3NO2/c15-14(16,17)11-7-6-10(13(19)8-11)9-18(20)12-4-2-1-3-5-12/h1-9,20H. The highest BCUT2D eigenvalue weighted by molar-refractivity contribution is 6.08. The second kappa shape index (κ2) is 5.34. The zero-order chi connectivity index (χ0) is 14.8. The summed E-state index contributed by atoms with van der Waals surface area (Å²) in [6, 6.07) is 8.28. The number of halogens is 3. The number of carbonyl (C=O) groups excluding carboxylic acids is 1. The Morgan fingerprint density at radius 1 is 1.10 bits per heavy atom. The van der Waals surface area contributed by atoms with E-state index in [1.165, 1.54) is 0 Å². The maximum absolute atomic E-state index is 12.4. The first-order valence-corrected chi connectivity index (χ1v) is 5.64. The largest absolute Gasteiger partial charge is 0.416 e. The van der Waals surface area contributed by atoms with Gasteiger partial charge in [0.2, 0.25) is 0 Å². The first-order valence-electron chi connectivity index (χ1n) is 5.64. The summed E-state index contributed by atoms with van der Waals surface area (Å²) in [7, 11) is 0. The Morgan fingerprint density at radius 2 is 1.75 bits per heavy atom. The third kappa shape index (κ3) is 3.16. The summed E-state index contributed by atoms with van der Waals surface area (Å²) in [5.41, 5.74) is -0.653. The molecule has 0 fully saturated rings. The number of rotatable bonds is 2. The van der Waals surface area contributed by atoms with Crippen LogP contribution in [0.3, 0.4) is 0 Å². The molecule has 1 aliphatic carbocycles. The summed E-state index contributed by atoms with van der Waals surface area (Å²) in [6.45, 7) is 0. The van der Waals surface area contributed by atoms with Crippen molar-refractivity contribution in [1.82, 2.24) is 0 Å². The maximum Gasteiger partial charge on any atom is 0.416 e. The average molecular weight is 281 g/mol. The van der Waals surface area contributed by atoms with Crippen molar-refractivity contribution in [1.29, 1.82) is 0 Å². The number of para-hydroxylation sites is 1. The molecule has 1 aromatic rings. The van der Waals surface area contributed by atoms with Gasteiger partial charge in [-0.25, -0.2) is 5.06 Å². The molecule has 3 nitrogen and oxygen atoms in total. The number of hydroxylamine groups is 1. The van der Waals surface area contributed by atoms with Gasteiger partial charge in [0.25, 0.3) is 0 Å². The van der Waals surface area contributed by atoms with E-state index in [1.54, 1.807) is 30.3 Å². The van der Waals surface area contributed by atoms with Crippen LogP contribution in [0.4, 0.5) is 18.9 Å². The van der Waals surface area contributed by atoms with E-state index >= 15 is 0 Å². The molecular formula is C14H10F3NO2. The number of carbonyl (C=O) groups is 1. The predicted molar refractivity (Wildman–Crippen MR) is 67.1 cm³/mol. The smallest absolute Gasteiger partial charge is 0.289 e. The Labute approximate surface area is 112 Å². The van der Waals surface area contributed by atoms with Crippen molar-refractivity contribution in [2.24, 2.45) is 0 Å². The molecule has 0 atom stereocenters. The number of anilines is 1. The summed E-state index contributed by atoms with van der Waals surface area (Å²) in [5.74, 6) is -0.810. The maximum atomic E-state index is 12.4. The van der Waals surface area contributed by atoms with Crippen LogP contribution in [0, 0.1) is 0 Å². The van der Waals surface area contributed by atoms with Crippen molar-refractivity contribution in [3.63, 3.8) is 0 Å². The first-order chi connectivity index (χ1) is 9.38. The Bertz CT molecular complexity index is 601. The Hall–Kier alpha value is -2.34. The molecule has 6 heteroatoms. The van der Waals surface area contributed by atoms with Gasteiger partial charge in [-0.3, -0.25) is 10.0 Å². The van der Waals surface area contributed by atoms with Crippen molar-refractivity contribution in [3.05, 3.63) is 65.9 Å². The summed E-state index contributed by atoms with van der Waals surface area (Å²) < 4.78 is 37.3. The van der Waals surface area contributed by atoms with Gasteiger partial charge in [0, 0.05) is 11.8 Å². The highest BCUT2D eigenvalue weighted by atomic mass is 19.4. The van der Waals surface area contributed by atoms with E-state index in [1.807, 2.05) is 0 Å². The van der Waals surface area contributed by atoms with Gasteiger partial charge < -0.3 is 0 Å². The highest BCUT2D eigenvalue weighted by Crippen LogP contribution is 2.29. The second-order valence-electron chi connectivity index (χ2n) is 4.06. The van der Waals surface area contributed by atoms with E-state index in [2.05, 4.69) is 0 Å². The first kappa shape index (κ1) is 14.1. The van der Waals surface area contributed by atoms with Crippen LogP contribution in [0.1, 0.15) is 0 Å². The molecule has 0 saturated heterocycles. The number of allylic oxidation sites excluding steroid dienone is 5. The minimum atomic E-state index is -4.56. The third-order valence-electron chi connectivity index (χ3n) is 2.62. The lowest BCUT2D eigenvalue weighted by Gasteiger charge is -2.15. The molecule has 1 aromatic carbocycles. The van der Waals surface area contributed by atoms with E-state index in [0.717, 1.165) is 18.4 Å². The summed E-state index contributed by atoms with van der Waals surface area (Å²) in [5, 5.41) is 10.4. The van der Waals surface area contributed by atoms with E-state index in [4.69, 9.17) is 0 Å². The van der Waals surface area contributed by atoms with E-state index in [0.29, 0.717) is 16.8 Å². The van der Waals surface area contributed by atoms with Gasteiger partial charge in [-0.15, -0.1) is 0 Å². The van der Waals surface area contributed by atoms with Gasteiger partial charge >= 0.3 is 6.18 Å². The monoisotopic (exact) mass is 281 g/mol. The normalized spacial score (nSPS) is 17.3. The summed E-state index contributed by atoms with van der Waals surface area (Å²) >= 11 is 0. The fourth-order valence-corrected chi connectivity index (χ4v) is 1.60. The minimum Gasteiger partial charge on any atom is -0.289 e. The molecule has 0 saturated carbocycles. The number of nitrogens with zero attached hydrogens (tertiary/aromatic N) is 1. The lowest BCUT2D eigenvalue weighted by atomic mass is 10.0. The molecule has 0 heterocycles. The fourth-order valence-electron chi connectivity index (χ4n) is 1.60. The number of hydrogen-bond acceptors (Lipinski definition) is 3. The minimum absolute atomic E-state index is 0.0376. The molecule has 0 unspecified atom stereocenters. The molecule has 0 aromatic heterocycles. The molecule has 20 heavy (non-hydrogen) atoms. The topological polar surface area (TPSA) is 40.5 Å². The predicted octanol–water partition coefficient (Wildman–Crippen LogP) is 3.39. The van der Waals surface area contributed by atoms with Crippen molar-refractivity contribution >= 4 is 11.5 Å². The van der Waals surface area contributed by atoms with E-state index < -0.39 is 17.5 Å². The van der Waals surface area contributed by atoms with Crippen molar-refractivity contribution < 1.29 is 23.2 Å². The lowest BCUT2D eigenvalue weighted by molar-refractivity contribution is -0.112. The van der Waals surface area contributed by atoms with Crippen molar-refractivity contribution in [2.45, 2.75) is 6.18 Å². The van der Waals surface area contributed by atoms with Crippen LogP contribution >= 0.6 is 0 Å². The van der Waals surface area contributed by atoms with Gasteiger partial charge in [0.1, 0.15) is 0 Å². The Balaban J connectivity index is 2.21. The van der Waals surface area contributed by atoms with E-state index in [-0.39, 0.29) is 5.57 Å². The van der Waals surface area contributed by atoms with Gasteiger partial charge in [0.15, 0.2) is 5.78 Å². The second-order valence-corrected chi connectivity index (χ2v) is 4.06. The molecule has 104 valence electrons. The molecule has 1 aliphatic rings. The molecule has 0 amide bonds.